The molecular formula is C20H25N3. The molecule has 2 N–H and O–H groups in total. The van der Waals surface area contributed by atoms with Crippen molar-refractivity contribution in [3.8, 4) is 11.1 Å². The van der Waals surface area contributed by atoms with Crippen molar-refractivity contribution < 1.29 is 0 Å². The second-order valence-electron chi connectivity index (χ2n) is 6.24. The molecule has 1 saturated heterocycles. The van der Waals surface area contributed by atoms with Gasteiger partial charge < -0.3 is 5.73 Å². The molecule has 0 unspecified atom stereocenters. The molecule has 2 heterocycles. The molecule has 0 bridgehead atoms. The Morgan fingerprint density at radius 1 is 1.26 bits per heavy atom. The van der Waals surface area contributed by atoms with Crippen LogP contribution in [0.3, 0.4) is 0 Å². The van der Waals surface area contributed by atoms with Crippen molar-refractivity contribution in [1.82, 2.24) is 9.88 Å². The first-order valence-electron chi connectivity index (χ1n) is 8.40. The number of hydrogen-bond acceptors (Lipinski definition) is 3. The number of nitrogens with two attached hydrogens (primary N) is 1. The Hall–Kier alpha value is -1.97. The van der Waals surface area contributed by atoms with Gasteiger partial charge in [0, 0.05) is 31.0 Å². The zero-order valence-corrected chi connectivity index (χ0v) is 13.6. The van der Waals surface area contributed by atoms with E-state index in [4.69, 9.17) is 5.73 Å². The number of pyridine rings is 1. The largest absolute Gasteiger partial charge is 0.323 e. The van der Waals surface area contributed by atoms with Crippen LogP contribution < -0.4 is 5.73 Å². The third kappa shape index (κ3) is 3.69. The van der Waals surface area contributed by atoms with Gasteiger partial charge in [0.2, 0.25) is 0 Å². The van der Waals surface area contributed by atoms with Crippen LogP contribution in [0.1, 0.15) is 30.9 Å². The molecule has 3 rings (SSSR count). The number of nitrogens with zero attached hydrogens (tertiary/aromatic N) is 2. The van der Waals surface area contributed by atoms with Crippen LogP contribution in [0, 0.1) is 0 Å². The minimum Gasteiger partial charge on any atom is -0.323 e. The van der Waals surface area contributed by atoms with Crippen molar-refractivity contribution in [1.29, 1.82) is 0 Å². The van der Waals surface area contributed by atoms with E-state index in [2.05, 4.69) is 46.8 Å². The average molecular weight is 307 g/mol. The Kier molecular flexibility index (Phi) is 5.21. The molecule has 3 nitrogen and oxygen atoms in total. The van der Waals surface area contributed by atoms with E-state index >= 15 is 0 Å². The zero-order valence-electron chi connectivity index (χ0n) is 13.6. The molecule has 1 aromatic heterocycles. The standard InChI is InChI=1S/C20H25N3/c1-2-12-23-13-4-3-10-19(23)20(21)17-8-5-7-16(14-17)18-9-6-11-22-15-18/h2,5-9,11,14-15,19-20H,1,3-4,10,12-13,21H2/t19-,20-/m0/s1. The van der Waals surface area contributed by atoms with Crippen molar-refractivity contribution >= 4 is 0 Å². The Balaban J connectivity index is 1.84. The fourth-order valence-electron chi connectivity index (χ4n) is 3.50. The van der Waals surface area contributed by atoms with E-state index in [1.807, 2.05) is 18.3 Å². The molecule has 0 amide bonds. The van der Waals surface area contributed by atoms with Crippen LogP contribution in [0.25, 0.3) is 11.1 Å². The van der Waals surface area contributed by atoms with Crippen LogP contribution in [0.4, 0.5) is 0 Å². The predicted molar refractivity (Wildman–Crippen MR) is 96.0 cm³/mol. The highest BCUT2D eigenvalue weighted by atomic mass is 15.2. The van der Waals surface area contributed by atoms with Gasteiger partial charge in [0.1, 0.15) is 0 Å². The van der Waals surface area contributed by atoms with E-state index in [0.29, 0.717) is 6.04 Å². The molecule has 0 spiro atoms. The van der Waals surface area contributed by atoms with E-state index in [1.165, 1.54) is 24.0 Å². The summed E-state index contributed by atoms with van der Waals surface area (Å²) in [7, 11) is 0. The molecule has 120 valence electrons. The van der Waals surface area contributed by atoms with Gasteiger partial charge in [-0.15, -0.1) is 6.58 Å². The summed E-state index contributed by atoms with van der Waals surface area (Å²) >= 11 is 0. The summed E-state index contributed by atoms with van der Waals surface area (Å²) in [6, 6.07) is 13.1. The van der Waals surface area contributed by atoms with E-state index in [0.717, 1.165) is 25.1 Å². The van der Waals surface area contributed by atoms with Gasteiger partial charge in [0.15, 0.2) is 0 Å². The highest BCUT2D eigenvalue weighted by Gasteiger charge is 2.27. The van der Waals surface area contributed by atoms with Gasteiger partial charge in [-0.3, -0.25) is 9.88 Å². The average Bonchev–Trinajstić information content (AvgIpc) is 2.63. The van der Waals surface area contributed by atoms with Gasteiger partial charge in [0.25, 0.3) is 0 Å². The molecule has 0 saturated carbocycles. The molecule has 1 aliphatic rings. The summed E-state index contributed by atoms with van der Waals surface area (Å²) in [5.74, 6) is 0. The molecule has 23 heavy (non-hydrogen) atoms. The summed E-state index contributed by atoms with van der Waals surface area (Å²) in [5.41, 5.74) is 10.2. The first-order chi connectivity index (χ1) is 11.3. The lowest BCUT2D eigenvalue weighted by Gasteiger charge is -2.38. The van der Waals surface area contributed by atoms with Gasteiger partial charge in [-0.25, -0.2) is 0 Å². The zero-order chi connectivity index (χ0) is 16.1. The van der Waals surface area contributed by atoms with Gasteiger partial charge in [-0.05, 0) is 48.2 Å². The monoisotopic (exact) mass is 307 g/mol. The van der Waals surface area contributed by atoms with Crippen LogP contribution in [0.15, 0.2) is 61.4 Å². The Morgan fingerprint density at radius 3 is 2.91 bits per heavy atom. The summed E-state index contributed by atoms with van der Waals surface area (Å²) < 4.78 is 0. The van der Waals surface area contributed by atoms with Crippen molar-refractivity contribution in [2.45, 2.75) is 31.3 Å². The van der Waals surface area contributed by atoms with Crippen molar-refractivity contribution in [2.75, 3.05) is 13.1 Å². The number of likely N-dealkylation sites (tertiary alicyclic amines) is 1. The number of benzene rings is 1. The lowest BCUT2D eigenvalue weighted by Crippen LogP contribution is -2.45. The van der Waals surface area contributed by atoms with E-state index in [-0.39, 0.29) is 6.04 Å². The van der Waals surface area contributed by atoms with Crippen LogP contribution >= 0.6 is 0 Å². The maximum atomic E-state index is 6.65. The SMILES string of the molecule is C=CCN1CCCC[C@H]1[C@@H](N)c1cccc(-c2cccnc2)c1. The smallest absolute Gasteiger partial charge is 0.0453 e. The summed E-state index contributed by atoms with van der Waals surface area (Å²) in [4.78, 5) is 6.68. The van der Waals surface area contributed by atoms with Gasteiger partial charge in [-0.2, -0.15) is 0 Å². The van der Waals surface area contributed by atoms with Gasteiger partial charge in [0.05, 0.1) is 0 Å². The van der Waals surface area contributed by atoms with Crippen molar-refractivity contribution in [3.05, 3.63) is 67.0 Å². The Bertz CT molecular complexity index is 638. The molecule has 1 aliphatic heterocycles. The molecule has 2 aromatic rings. The van der Waals surface area contributed by atoms with Gasteiger partial charge in [-0.1, -0.05) is 36.8 Å². The first kappa shape index (κ1) is 15.9. The maximum Gasteiger partial charge on any atom is 0.0453 e. The minimum absolute atomic E-state index is 0.0341. The highest BCUT2D eigenvalue weighted by molar-refractivity contribution is 5.63. The summed E-state index contributed by atoms with van der Waals surface area (Å²) in [6.07, 6.45) is 9.36. The Labute approximate surface area is 138 Å². The third-order valence-electron chi connectivity index (χ3n) is 4.71. The second-order valence-corrected chi connectivity index (χ2v) is 6.24. The molecule has 1 fully saturated rings. The minimum atomic E-state index is 0.0341. The lowest BCUT2D eigenvalue weighted by molar-refractivity contribution is 0.141. The van der Waals surface area contributed by atoms with Crippen LogP contribution in [-0.4, -0.2) is 29.0 Å². The fourth-order valence-corrected chi connectivity index (χ4v) is 3.50. The second kappa shape index (κ2) is 7.53. The summed E-state index contributed by atoms with van der Waals surface area (Å²) in [6.45, 7) is 5.92. The molecule has 0 aliphatic carbocycles. The van der Waals surface area contributed by atoms with Crippen molar-refractivity contribution in [2.24, 2.45) is 5.73 Å². The van der Waals surface area contributed by atoms with E-state index in [1.54, 1.807) is 6.20 Å². The van der Waals surface area contributed by atoms with Gasteiger partial charge >= 0.3 is 0 Å². The topological polar surface area (TPSA) is 42.1 Å². The molecule has 1 aromatic carbocycles. The lowest BCUT2D eigenvalue weighted by atomic mass is 9.90. The summed E-state index contributed by atoms with van der Waals surface area (Å²) in [5, 5.41) is 0. The normalized spacial score (nSPS) is 20.1. The first-order valence-corrected chi connectivity index (χ1v) is 8.40. The number of rotatable bonds is 5. The van der Waals surface area contributed by atoms with Crippen LogP contribution in [0.2, 0.25) is 0 Å². The maximum absolute atomic E-state index is 6.65. The fraction of sp³-hybridized carbons (Fsp3) is 0.350. The Morgan fingerprint density at radius 2 is 2.13 bits per heavy atom. The number of hydrogen-bond donors (Lipinski definition) is 1. The van der Waals surface area contributed by atoms with Crippen LogP contribution in [-0.2, 0) is 0 Å². The number of piperidine rings is 1. The molecule has 3 heteroatoms. The quantitative estimate of drug-likeness (QED) is 0.855. The number of aromatic nitrogens is 1. The van der Waals surface area contributed by atoms with E-state index in [9.17, 15) is 0 Å². The molecular weight excluding hydrogens is 282 g/mol. The van der Waals surface area contributed by atoms with E-state index < -0.39 is 0 Å². The third-order valence-corrected chi connectivity index (χ3v) is 4.71. The highest BCUT2D eigenvalue weighted by Crippen LogP contribution is 2.29. The molecule has 0 radical (unpaired) electrons. The van der Waals surface area contributed by atoms with Crippen LogP contribution in [0.5, 0.6) is 0 Å². The van der Waals surface area contributed by atoms with Crippen molar-refractivity contribution in [3.63, 3.8) is 0 Å². The molecule has 2 atom stereocenters. The predicted octanol–water partition coefficient (Wildman–Crippen LogP) is 3.79.